The summed E-state index contributed by atoms with van der Waals surface area (Å²) in [4.78, 5) is 14.6. The van der Waals surface area contributed by atoms with Crippen LogP contribution in [-0.4, -0.2) is 36.0 Å². The van der Waals surface area contributed by atoms with Crippen LogP contribution in [0.5, 0.6) is 0 Å². The lowest BCUT2D eigenvalue weighted by molar-refractivity contribution is 0.461. The molecule has 1 saturated heterocycles. The zero-order valence-electron chi connectivity index (χ0n) is 13.1. The monoisotopic (exact) mass is 356 g/mol. The average Bonchev–Trinajstić information content (AvgIpc) is 2.72. The van der Waals surface area contributed by atoms with Gasteiger partial charge >= 0.3 is 0 Å². The zero-order chi connectivity index (χ0) is 15.4. The quantitative estimate of drug-likeness (QED) is 0.898. The summed E-state index contributed by atoms with van der Waals surface area (Å²) >= 11 is 3.48. The van der Waals surface area contributed by atoms with Gasteiger partial charge < -0.3 is 10.2 Å². The van der Waals surface area contributed by atoms with Crippen LogP contribution >= 0.6 is 15.9 Å². The van der Waals surface area contributed by atoms with Gasteiger partial charge in [0, 0.05) is 19.6 Å². The van der Waals surface area contributed by atoms with Gasteiger partial charge in [0.05, 0.1) is 11.9 Å². The third-order valence-electron chi connectivity index (χ3n) is 3.98. The second-order valence-corrected chi connectivity index (χ2v) is 6.96. The average molecular weight is 357 g/mol. The van der Waals surface area contributed by atoms with Gasteiger partial charge in [-0.25, -0.2) is 4.68 Å². The van der Waals surface area contributed by atoms with Gasteiger partial charge in [-0.15, -0.1) is 0 Å². The molecule has 6 heteroatoms. The Morgan fingerprint density at radius 1 is 1.48 bits per heavy atom. The number of hydrogen-bond donors (Lipinski definition) is 1. The Kier molecular flexibility index (Phi) is 5.81. The summed E-state index contributed by atoms with van der Waals surface area (Å²) in [6, 6.07) is 0.457. The van der Waals surface area contributed by atoms with Crippen LogP contribution in [0.15, 0.2) is 15.5 Å². The number of hydrogen-bond acceptors (Lipinski definition) is 4. The molecule has 0 amide bonds. The van der Waals surface area contributed by atoms with Gasteiger partial charge in [0.25, 0.3) is 5.56 Å². The van der Waals surface area contributed by atoms with Crippen LogP contribution in [0, 0.1) is 5.92 Å². The Hall–Kier alpha value is -0.880. The smallest absolute Gasteiger partial charge is 0.283 e. The first-order valence-corrected chi connectivity index (χ1v) is 8.49. The zero-order valence-corrected chi connectivity index (χ0v) is 14.7. The fourth-order valence-corrected chi connectivity index (χ4v) is 3.35. The maximum absolute atomic E-state index is 12.4. The largest absolute Gasteiger partial charge is 0.369 e. The first kappa shape index (κ1) is 16.5. The van der Waals surface area contributed by atoms with Crippen molar-refractivity contribution in [2.24, 2.45) is 5.92 Å². The van der Waals surface area contributed by atoms with Gasteiger partial charge in [-0.3, -0.25) is 4.79 Å². The van der Waals surface area contributed by atoms with E-state index in [2.05, 4.69) is 52.1 Å². The first-order chi connectivity index (χ1) is 10.0. The minimum Gasteiger partial charge on any atom is -0.369 e. The van der Waals surface area contributed by atoms with E-state index in [1.807, 2.05) is 6.20 Å². The van der Waals surface area contributed by atoms with Crippen LogP contribution in [-0.2, 0) is 6.54 Å². The van der Waals surface area contributed by atoms with E-state index in [1.54, 1.807) is 4.68 Å². The molecule has 1 aromatic rings. The molecule has 1 aliphatic rings. The van der Waals surface area contributed by atoms with Crippen molar-refractivity contribution in [1.29, 1.82) is 0 Å². The van der Waals surface area contributed by atoms with Gasteiger partial charge in [-0.05, 0) is 54.2 Å². The number of rotatable bonds is 4. The van der Waals surface area contributed by atoms with Crippen molar-refractivity contribution in [2.45, 2.75) is 45.7 Å². The number of nitrogens with one attached hydrogen (secondary N) is 1. The van der Waals surface area contributed by atoms with E-state index in [0.29, 0.717) is 23.0 Å². The summed E-state index contributed by atoms with van der Waals surface area (Å²) < 4.78 is 2.17. The molecule has 21 heavy (non-hydrogen) atoms. The van der Waals surface area contributed by atoms with E-state index >= 15 is 0 Å². The van der Waals surface area contributed by atoms with Crippen molar-refractivity contribution in [3.8, 4) is 0 Å². The van der Waals surface area contributed by atoms with Crippen LogP contribution in [0.1, 0.15) is 33.1 Å². The fourth-order valence-electron chi connectivity index (χ4n) is 2.76. The molecule has 1 unspecified atom stereocenters. The Morgan fingerprint density at radius 3 is 2.95 bits per heavy atom. The third-order valence-corrected chi connectivity index (χ3v) is 4.72. The lowest BCUT2D eigenvalue weighted by atomic mass is 10.1. The molecule has 0 aliphatic carbocycles. The van der Waals surface area contributed by atoms with Crippen molar-refractivity contribution < 1.29 is 0 Å². The highest BCUT2D eigenvalue weighted by atomic mass is 79.9. The molecule has 1 N–H and O–H groups in total. The van der Waals surface area contributed by atoms with Crippen molar-refractivity contribution in [1.82, 2.24) is 15.1 Å². The van der Waals surface area contributed by atoms with Crippen LogP contribution in [0.4, 0.5) is 5.69 Å². The van der Waals surface area contributed by atoms with Crippen molar-refractivity contribution in [3.63, 3.8) is 0 Å². The molecule has 5 nitrogen and oxygen atoms in total. The molecule has 2 heterocycles. The van der Waals surface area contributed by atoms with Crippen LogP contribution < -0.4 is 15.8 Å². The SMILES string of the molecule is CC(C)Cn1ncc(N(C)C2CCCNCC2)c(Br)c1=O. The minimum atomic E-state index is -0.0419. The molecule has 0 spiro atoms. The highest BCUT2D eigenvalue weighted by Gasteiger charge is 2.21. The van der Waals surface area contributed by atoms with E-state index in [0.717, 1.165) is 31.6 Å². The van der Waals surface area contributed by atoms with Gasteiger partial charge in [-0.2, -0.15) is 5.10 Å². The van der Waals surface area contributed by atoms with Gasteiger partial charge in [0.1, 0.15) is 4.47 Å². The number of nitrogens with zero attached hydrogens (tertiary/aromatic N) is 3. The van der Waals surface area contributed by atoms with Gasteiger partial charge in [-0.1, -0.05) is 13.8 Å². The van der Waals surface area contributed by atoms with E-state index in [1.165, 1.54) is 6.42 Å². The third kappa shape index (κ3) is 4.07. The molecule has 1 aliphatic heterocycles. The second kappa shape index (κ2) is 7.40. The Bertz CT molecular complexity index is 521. The topological polar surface area (TPSA) is 50.2 Å². The number of aromatic nitrogens is 2. The predicted octanol–water partition coefficient (Wildman–Crippen LogP) is 2.24. The molecular formula is C15H25BrN4O. The minimum absolute atomic E-state index is 0.0419. The van der Waals surface area contributed by atoms with Crippen LogP contribution in [0.25, 0.3) is 0 Å². The number of halogens is 1. The molecule has 0 aromatic carbocycles. The van der Waals surface area contributed by atoms with Crippen LogP contribution in [0.2, 0.25) is 0 Å². The fraction of sp³-hybridized carbons (Fsp3) is 0.733. The molecule has 1 atom stereocenters. The van der Waals surface area contributed by atoms with E-state index in [9.17, 15) is 4.79 Å². The Labute approximate surface area is 134 Å². The summed E-state index contributed by atoms with van der Waals surface area (Å²) in [6.45, 7) is 6.93. The van der Waals surface area contributed by atoms with E-state index in [4.69, 9.17) is 0 Å². The van der Waals surface area contributed by atoms with Crippen molar-refractivity contribution in [3.05, 3.63) is 21.0 Å². The van der Waals surface area contributed by atoms with E-state index in [-0.39, 0.29) is 5.56 Å². The van der Waals surface area contributed by atoms with E-state index < -0.39 is 0 Å². The van der Waals surface area contributed by atoms with Crippen molar-refractivity contribution >= 4 is 21.6 Å². The molecule has 0 radical (unpaired) electrons. The summed E-state index contributed by atoms with van der Waals surface area (Å²) in [5.74, 6) is 0.401. The molecule has 118 valence electrons. The molecular weight excluding hydrogens is 332 g/mol. The lowest BCUT2D eigenvalue weighted by Gasteiger charge is -2.29. The highest BCUT2D eigenvalue weighted by molar-refractivity contribution is 9.10. The standard InChI is InChI=1S/C15H25BrN4O/c1-11(2)10-20-15(21)14(16)13(9-18-20)19(3)12-5-4-7-17-8-6-12/h9,11-12,17H,4-8,10H2,1-3H3. The lowest BCUT2D eigenvalue weighted by Crippen LogP contribution is -2.35. The van der Waals surface area contributed by atoms with Gasteiger partial charge in [0.2, 0.25) is 0 Å². The summed E-state index contributed by atoms with van der Waals surface area (Å²) in [5, 5.41) is 7.76. The molecule has 0 saturated carbocycles. The highest BCUT2D eigenvalue weighted by Crippen LogP contribution is 2.25. The molecule has 2 rings (SSSR count). The normalized spacial score (nSPS) is 19.6. The van der Waals surface area contributed by atoms with Crippen molar-refractivity contribution in [2.75, 3.05) is 25.0 Å². The first-order valence-electron chi connectivity index (χ1n) is 7.70. The predicted molar refractivity (Wildman–Crippen MR) is 89.9 cm³/mol. The Morgan fingerprint density at radius 2 is 2.24 bits per heavy atom. The Balaban J connectivity index is 2.23. The summed E-state index contributed by atoms with van der Waals surface area (Å²) in [6.07, 6.45) is 5.22. The molecule has 0 bridgehead atoms. The molecule has 1 aromatic heterocycles. The summed E-state index contributed by atoms with van der Waals surface area (Å²) in [7, 11) is 2.06. The number of anilines is 1. The van der Waals surface area contributed by atoms with Gasteiger partial charge in [0.15, 0.2) is 0 Å². The molecule has 1 fully saturated rings. The summed E-state index contributed by atoms with van der Waals surface area (Å²) in [5.41, 5.74) is 0.853. The maximum atomic E-state index is 12.4. The maximum Gasteiger partial charge on any atom is 0.283 e. The second-order valence-electron chi connectivity index (χ2n) is 6.17. The van der Waals surface area contributed by atoms with Crippen LogP contribution in [0.3, 0.4) is 0 Å².